The van der Waals surface area contributed by atoms with Crippen LogP contribution in [0.2, 0.25) is 10.0 Å². The van der Waals surface area contributed by atoms with E-state index in [-0.39, 0.29) is 41.0 Å². The zero-order chi connectivity index (χ0) is 28.6. The van der Waals surface area contributed by atoms with Crippen molar-refractivity contribution in [3.63, 3.8) is 0 Å². The van der Waals surface area contributed by atoms with Crippen molar-refractivity contribution in [2.75, 3.05) is 18.4 Å². The summed E-state index contributed by atoms with van der Waals surface area (Å²) in [5.74, 6) is -1.79. The van der Waals surface area contributed by atoms with Crippen LogP contribution in [-0.2, 0) is 27.8 Å². The van der Waals surface area contributed by atoms with Crippen molar-refractivity contribution in [1.29, 1.82) is 0 Å². The lowest BCUT2D eigenvalue weighted by Gasteiger charge is -2.26. The van der Waals surface area contributed by atoms with Crippen molar-refractivity contribution in [1.82, 2.24) is 14.0 Å². The van der Waals surface area contributed by atoms with E-state index in [0.717, 1.165) is 5.56 Å². The van der Waals surface area contributed by atoms with E-state index in [2.05, 4.69) is 15.0 Å². The lowest BCUT2D eigenvalue weighted by Crippen LogP contribution is -2.50. The van der Waals surface area contributed by atoms with Gasteiger partial charge in [-0.3, -0.25) is 14.6 Å². The second-order valence-electron chi connectivity index (χ2n) is 9.33. The van der Waals surface area contributed by atoms with Crippen molar-refractivity contribution in [2.24, 2.45) is 5.92 Å². The van der Waals surface area contributed by atoms with Gasteiger partial charge in [0, 0.05) is 31.2 Å². The second-order valence-corrected chi connectivity index (χ2v) is 11.9. The second kappa shape index (κ2) is 13.9. The van der Waals surface area contributed by atoms with Crippen LogP contribution < -0.4 is 10.0 Å². The third-order valence-corrected chi connectivity index (χ3v) is 7.89. The molecule has 0 radical (unpaired) electrons. The molecule has 0 spiro atoms. The zero-order valence-electron chi connectivity index (χ0n) is 21.5. The van der Waals surface area contributed by atoms with Crippen LogP contribution in [0.25, 0.3) is 0 Å². The molecule has 9 nitrogen and oxygen atoms in total. The molecule has 3 aromatic rings. The Morgan fingerprint density at radius 1 is 0.974 bits per heavy atom. The van der Waals surface area contributed by atoms with Crippen molar-refractivity contribution in [3.8, 4) is 0 Å². The number of carboxylic acid groups (broad SMARTS) is 1. The van der Waals surface area contributed by atoms with Gasteiger partial charge in [-0.05, 0) is 42.0 Å². The van der Waals surface area contributed by atoms with E-state index in [0.29, 0.717) is 17.7 Å². The molecule has 1 aromatic heterocycles. The predicted octanol–water partition coefficient (Wildman–Crippen LogP) is 4.67. The van der Waals surface area contributed by atoms with Crippen molar-refractivity contribution in [2.45, 2.75) is 32.7 Å². The minimum absolute atomic E-state index is 0.0419. The van der Waals surface area contributed by atoms with Gasteiger partial charge in [0.25, 0.3) is 16.1 Å². The highest BCUT2D eigenvalue weighted by Crippen LogP contribution is 2.24. The molecule has 0 aliphatic rings. The summed E-state index contributed by atoms with van der Waals surface area (Å²) in [5, 5.41) is 12.7. The van der Waals surface area contributed by atoms with Crippen LogP contribution >= 0.6 is 23.2 Å². The summed E-state index contributed by atoms with van der Waals surface area (Å²) < 4.78 is 30.1. The Bertz CT molecular complexity index is 1370. The van der Waals surface area contributed by atoms with Crippen molar-refractivity contribution < 1.29 is 23.1 Å². The smallest absolute Gasteiger partial charge is 0.322 e. The average molecular weight is 594 g/mol. The minimum Gasteiger partial charge on any atom is -0.480 e. The molecule has 3 rings (SSSR count). The topological polar surface area (TPSA) is 129 Å². The Kier molecular flexibility index (Phi) is 10.8. The maximum Gasteiger partial charge on any atom is 0.322 e. The van der Waals surface area contributed by atoms with Crippen LogP contribution in [0.15, 0.2) is 67.0 Å². The zero-order valence-corrected chi connectivity index (χ0v) is 23.8. The number of amides is 1. The van der Waals surface area contributed by atoms with E-state index >= 15 is 0 Å². The monoisotopic (exact) mass is 592 g/mol. The molecule has 0 bridgehead atoms. The van der Waals surface area contributed by atoms with E-state index in [1.807, 2.05) is 44.2 Å². The number of hydrogen-bond acceptors (Lipinski definition) is 5. The molecule has 1 amide bonds. The van der Waals surface area contributed by atoms with E-state index in [1.54, 1.807) is 24.3 Å². The average Bonchev–Trinajstić information content (AvgIpc) is 2.87. The summed E-state index contributed by atoms with van der Waals surface area (Å²) in [6.07, 6.45) is 3.01. The van der Waals surface area contributed by atoms with Gasteiger partial charge in [0.15, 0.2) is 0 Å². The van der Waals surface area contributed by atoms with Crippen molar-refractivity contribution >= 4 is 51.0 Å². The maximum absolute atomic E-state index is 13.2. The number of carboxylic acids is 1. The van der Waals surface area contributed by atoms with Crippen LogP contribution in [0.1, 0.15) is 35.3 Å². The highest BCUT2D eigenvalue weighted by molar-refractivity contribution is 7.87. The Morgan fingerprint density at radius 3 is 2.15 bits per heavy atom. The van der Waals surface area contributed by atoms with Gasteiger partial charge in [0.1, 0.15) is 6.04 Å². The van der Waals surface area contributed by atoms with E-state index < -0.39 is 28.1 Å². The minimum atomic E-state index is -4.10. The molecular formula is C27H30Cl2N4O5S. The Balaban J connectivity index is 1.69. The summed E-state index contributed by atoms with van der Waals surface area (Å²) in [7, 11) is -4.10. The highest BCUT2D eigenvalue weighted by Gasteiger charge is 2.29. The molecule has 0 saturated heterocycles. The lowest BCUT2D eigenvalue weighted by molar-refractivity contribution is -0.138. The number of nitrogens with one attached hydrogen (secondary N) is 2. The number of carbonyl (C=O) groups excluding carboxylic acids is 1. The fraction of sp³-hybridized carbons (Fsp3) is 0.296. The maximum atomic E-state index is 13.2. The van der Waals surface area contributed by atoms with Gasteiger partial charge in [0.05, 0.1) is 15.6 Å². The Morgan fingerprint density at radius 2 is 1.59 bits per heavy atom. The van der Waals surface area contributed by atoms with Crippen molar-refractivity contribution in [3.05, 3.63) is 93.7 Å². The first-order valence-corrected chi connectivity index (χ1v) is 14.4. The van der Waals surface area contributed by atoms with Crippen LogP contribution in [0.4, 0.5) is 5.69 Å². The number of pyridine rings is 1. The number of benzene rings is 2. The van der Waals surface area contributed by atoms with Gasteiger partial charge in [-0.15, -0.1) is 0 Å². The van der Waals surface area contributed by atoms with E-state index in [9.17, 15) is 23.1 Å². The summed E-state index contributed by atoms with van der Waals surface area (Å²) in [6, 6.07) is 14.5. The highest BCUT2D eigenvalue weighted by atomic mass is 35.5. The summed E-state index contributed by atoms with van der Waals surface area (Å²) in [4.78, 5) is 28.4. The number of anilines is 1. The molecule has 1 atom stereocenters. The summed E-state index contributed by atoms with van der Waals surface area (Å²) in [6.45, 7) is 4.26. The Hall–Kier alpha value is -3.02. The van der Waals surface area contributed by atoms with E-state index in [1.165, 1.54) is 16.7 Å². The lowest BCUT2D eigenvalue weighted by atomic mass is 10.1. The number of aliphatic carboxylic acids is 1. The van der Waals surface area contributed by atoms with Gasteiger partial charge in [-0.25, -0.2) is 0 Å². The van der Waals surface area contributed by atoms with Crippen LogP contribution in [0.5, 0.6) is 0 Å². The summed E-state index contributed by atoms with van der Waals surface area (Å²) in [5.41, 5.74) is 2.04. The van der Waals surface area contributed by atoms with Crippen LogP contribution in [0, 0.1) is 5.92 Å². The molecule has 0 aliphatic carbocycles. The SMILES string of the molecule is CC(C)CN(CCc1ccccc1)S(=O)(=O)NC(Cc1ccc(NC(=O)c2c(Cl)cncc2Cl)cc1)C(=O)O. The number of aromatic nitrogens is 1. The number of rotatable bonds is 13. The predicted molar refractivity (Wildman–Crippen MR) is 152 cm³/mol. The van der Waals surface area contributed by atoms with E-state index in [4.69, 9.17) is 23.2 Å². The molecule has 0 aliphatic heterocycles. The molecule has 0 fully saturated rings. The van der Waals surface area contributed by atoms with Gasteiger partial charge in [-0.2, -0.15) is 17.4 Å². The van der Waals surface area contributed by atoms with Crippen LogP contribution in [-0.4, -0.2) is 53.8 Å². The molecule has 0 saturated carbocycles. The van der Waals surface area contributed by atoms with Gasteiger partial charge < -0.3 is 10.4 Å². The third-order valence-electron chi connectivity index (χ3n) is 5.72. The van der Waals surface area contributed by atoms with Gasteiger partial charge in [0.2, 0.25) is 0 Å². The number of halogens is 2. The number of carbonyl (C=O) groups is 2. The molecule has 3 N–H and O–H groups in total. The molecule has 39 heavy (non-hydrogen) atoms. The quantitative estimate of drug-likeness (QED) is 0.264. The largest absolute Gasteiger partial charge is 0.480 e. The molecule has 2 aromatic carbocycles. The molecule has 1 unspecified atom stereocenters. The number of hydrogen-bond donors (Lipinski definition) is 3. The fourth-order valence-corrected chi connectivity index (χ4v) is 5.89. The number of nitrogens with zero attached hydrogens (tertiary/aromatic N) is 2. The third kappa shape index (κ3) is 9.01. The Labute approximate surface area is 238 Å². The first kappa shape index (κ1) is 30.5. The normalized spacial score (nSPS) is 12.5. The standard InChI is InChI=1S/C27H30Cl2N4O5S/c1-18(2)17-33(13-12-19-6-4-3-5-7-19)39(37,38)32-24(27(35)36)14-20-8-10-21(11-9-20)31-26(34)25-22(28)15-30-16-23(25)29/h3-11,15-16,18,24,32H,12-14,17H2,1-2H3,(H,31,34)(H,35,36). The summed E-state index contributed by atoms with van der Waals surface area (Å²) >= 11 is 12.1. The first-order valence-electron chi connectivity index (χ1n) is 12.2. The molecular weight excluding hydrogens is 563 g/mol. The molecule has 208 valence electrons. The van der Waals surface area contributed by atoms with Gasteiger partial charge >= 0.3 is 5.97 Å². The fourth-order valence-electron chi connectivity index (χ4n) is 3.83. The molecule has 1 heterocycles. The molecule has 12 heteroatoms. The van der Waals surface area contributed by atoms with Gasteiger partial charge in [-0.1, -0.05) is 79.5 Å². The first-order chi connectivity index (χ1) is 18.5. The van der Waals surface area contributed by atoms with Crippen LogP contribution in [0.3, 0.4) is 0 Å².